The summed E-state index contributed by atoms with van der Waals surface area (Å²) in [4.78, 5) is 0.0837. The predicted octanol–water partition coefficient (Wildman–Crippen LogP) is 0.584. The molecule has 0 fully saturated rings. The van der Waals surface area contributed by atoms with Crippen molar-refractivity contribution in [1.29, 1.82) is 0 Å². The van der Waals surface area contributed by atoms with Gasteiger partial charge in [0.15, 0.2) is 0 Å². The summed E-state index contributed by atoms with van der Waals surface area (Å²) in [6.45, 7) is 4.77. The van der Waals surface area contributed by atoms with Gasteiger partial charge in [0.05, 0.1) is 16.5 Å². The van der Waals surface area contributed by atoms with E-state index in [0.717, 1.165) is 0 Å². The van der Waals surface area contributed by atoms with Gasteiger partial charge in [0, 0.05) is 0 Å². The van der Waals surface area contributed by atoms with Gasteiger partial charge in [-0.2, -0.15) is 5.10 Å². The third-order valence-corrected chi connectivity index (χ3v) is 4.25. The Morgan fingerprint density at radius 2 is 2.12 bits per heavy atom. The van der Waals surface area contributed by atoms with Crippen LogP contribution in [0.3, 0.4) is 0 Å². The first kappa shape index (κ1) is 12.9. The summed E-state index contributed by atoms with van der Waals surface area (Å²) in [6, 6.07) is 0. The fourth-order valence-electron chi connectivity index (χ4n) is 0.838. The quantitative estimate of drug-likeness (QED) is 0.692. The Labute approximate surface area is 99.7 Å². The van der Waals surface area contributed by atoms with E-state index in [1.807, 2.05) is 0 Å². The minimum atomic E-state index is -3.51. The minimum absolute atomic E-state index is 0.0837. The van der Waals surface area contributed by atoms with Gasteiger partial charge >= 0.3 is 0 Å². The van der Waals surface area contributed by atoms with Gasteiger partial charge in [0.1, 0.15) is 10.8 Å². The van der Waals surface area contributed by atoms with Crippen molar-refractivity contribution in [2.75, 3.05) is 4.72 Å². The number of nitrogens with zero attached hydrogens (tertiary/aromatic N) is 1. The number of nitrogens with two attached hydrogens (primary N) is 1. The molecular formula is C8H14N4O2S2. The van der Waals surface area contributed by atoms with Crippen molar-refractivity contribution in [2.45, 2.75) is 25.5 Å². The summed E-state index contributed by atoms with van der Waals surface area (Å²) in [5.74, 6) is 0.197. The van der Waals surface area contributed by atoms with Crippen LogP contribution in [0.15, 0.2) is 6.20 Å². The molecule has 90 valence electrons. The Hall–Kier alpha value is -1.15. The molecule has 0 atom stereocenters. The molecule has 0 aliphatic rings. The molecule has 4 N–H and O–H groups in total. The molecule has 1 rings (SSSR count). The molecule has 0 amide bonds. The number of sulfonamides is 1. The topological polar surface area (TPSA) is 101 Å². The van der Waals surface area contributed by atoms with Crippen LogP contribution in [0.5, 0.6) is 0 Å². The second-order valence-electron chi connectivity index (χ2n) is 4.24. The van der Waals surface area contributed by atoms with E-state index in [-0.39, 0.29) is 10.8 Å². The van der Waals surface area contributed by atoms with E-state index in [1.54, 1.807) is 20.8 Å². The van der Waals surface area contributed by atoms with Gasteiger partial charge in [-0.05, 0) is 20.8 Å². The van der Waals surface area contributed by atoms with Gasteiger partial charge in [-0.3, -0.25) is 9.82 Å². The lowest BCUT2D eigenvalue weighted by Gasteiger charge is -2.19. The fourth-order valence-corrected chi connectivity index (χ4v) is 1.72. The molecule has 16 heavy (non-hydrogen) atoms. The van der Waals surface area contributed by atoms with Crippen LogP contribution in [0.25, 0.3) is 0 Å². The van der Waals surface area contributed by atoms with Gasteiger partial charge in [0.25, 0.3) is 0 Å². The number of nitrogens with one attached hydrogen (secondary N) is 2. The van der Waals surface area contributed by atoms with Crippen LogP contribution in [-0.2, 0) is 10.0 Å². The summed E-state index contributed by atoms with van der Waals surface area (Å²) in [5, 5.41) is 6.20. The smallest absolute Gasteiger partial charge is 0.238 e. The fraction of sp³-hybridized carbons (Fsp3) is 0.500. The van der Waals surface area contributed by atoms with Crippen molar-refractivity contribution < 1.29 is 8.42 Å². The van der Waals surface area contributed by atoms with Crippen LogP contribution in [0.1, 0.15) is 26.3 Å². The van der Waals surface area contributed by atoms with E-state index in [1.165, 1.54) is 6.20 Å². The summed E-state index contributed by atoms with van der Waals surface area (Å²) < 4.78 is 25.2. The average molecular weight is 262 g/mol. The van der Waals surface area contributed by atoms with Gasteiger partial charge in [-0.1, -0.05) is 12.2 Å². The number of aromatic nitrogens is 2. The standard InChI is InChI=1S/C8H14N4O2S2/c1-8(2,3)16(13,14)12-7-5(6(9)15)4-10-11-7/h4H,1-3H3,(H2,9,15)(H2,10,11,12). The first-order valence-electron chi connectivity index (χ1n) is 4.50. The van der Waals surface area contributed by atoms with Crippen LogP contribution < -0.4 is 10.5 Å². The van der Waals surface area contributed by atoms with Crippen LogP contribution in [0.4, 0.5) is 5.82 Å². The van der Waals surface area contributed by atoms with E-state index in [4.69, 9.17) is 18.0 Å². The van der Waals surface area contributed by atoms with Crippen molar-refractivity contribution in [1.82, 2.24) is 10.2 Å². The zero-order valence-electron chi connectivity index (χ0n) is 9.23. The second-order valence-corrected chi connectivity index (χ2v) is 7.12. The molecule has 0 radical (unpaired) electrons. The SMILES string of the molecule is CC(C)(C)S(=O)(=O)Nc1[nH]ncc1C(N)=S. The Morgan fingerprint density at radius 1 is 1.56 bits per heavy atom. The van der Waals surface area contributed by atoms with Gasteiger partial charge in [-0.25, -0.2) is 8.42 Å². The molecule has 0 unspecified atom stereocenters. The molecule has 0 saturated carbocycles. The number of thiocarbonyl (C=S) groups is 1. The maximum Gasteiger partial charge on any atom is 0.238 e. The van der Waals surface area contributed by atoms with Crippen LogP contribution in [0, 0.1) is 0 Å². The molecule has 1 aromatic rings. The number of H-pyrrole nitrogens is 1. The van der Waals surface area contributed by atoms with Gasteiger partial charge < -0.3 is 5.73 Å². The highest BCUT2D eigenvalue weighted by Gasteiger charge is 2.30. The zero-order valence-corrected chi connectivity index (χ0v) is 10.9. The maximum atomic E-state index is 11.9. The third kappa shape index (κ3) is 2.50. The summed E-state index contributed by atoms with van der Waals surface area (Å²) in [7, 11) is -3.51. The monoisotopic (exact) mass is 262 g/mol. The summed E-state index contributed by atoms with van der Waals surface area (Å²) in [5.41, 5.74) is 5.80. The van der Waals surface area contributed by atoms with Crippen molar-refractivity contribution in [3.8, 4) is 0 Å². The molecule has 8 heteroatoms. The van der Waals surface area contributed by atoms with Crippen molar-refractivity contribution in [3.63, 3.8) is 0 Å². The molecule has 0 aliphatic heterocycles. The lowest BCUT2D eigenvalue weighted by atomic mass is 10.3. The summed E-state index contributed by atoms with van der Waals surface area (Å²) >= 11 is 4.77. The third-order valence-electron chi connectivity index (χ3n) is 1.95. The Balaban J connectivity index is 3.07. The van der Waals surface area contributed by atoms with Crippen molar-refractivity contribution in [3.05, 3.63) is 11.8 Å². The molecular weight excluding hydrogens is 248 g/mol. The number of hydrogen-bond donors (Lipinski definition) is 3. The largest absolute Gasteiger partial charge is 0.389 e. The van der Waals surface area contributed by atoms with E-state index < -0.39 is 14.8 Å². The second kappa shape index (κ2) is 4.02. The first-order valence-corrected chi connectivity index (χ1v) is 6.40. The van der Waals surface area contributed by atoms with Crippen molar-refractivity contribution in [2.24, 2.45) is 5.73 Å². The number of rotatable bonds is 3. The minimum Gasteiger partial charge on any atom is -0.389 e. The van der Waals surface area contributed by atoms with Crippen LogP contribution in [-0.4, -0.2) is 28.4 Å². The Kier molecular flexibility index (Phi) is 3.25. The number of anilines is 1. The molecule has 6 nitrogen and oxygen atoms in total. The summed E-state index contributed by atoms with van der Waals surface area (Å²) in [6.07, 6.45) is 1.38. The van der Waals surface area contributed by atoms with E-state index >= 15 is 0 Å². The molecule has 0 aliphatic carbocycles. The molecule has 1 heterocycles. The lowest BCUT2D eigenvalue weighted by Crippen LogP contribution is -2.34. The van der Waals surface area contributed by atoms with Gasteiger partial charge in [-0.15, -0.1) is 0 Å². The molecule has 0 saturated heterocycles. The van der Waals surface area contributed by atoms with E-state index in [0.29, 0.717) is 5.56 Å². The highest BCUT2D eigenvalue weighted by Crippen LogP contribution is 2.20. The molecule has 0 spiro atoms. The molecule has 0 bridgehead atoms. The molecule has 1 aromatic heterocycles. The van der Waals surface area contributed by atoms with Crippen LogP contribution in [0.2, 0.25) is 0 Å². The van der Waals surface area contributed by atoms with E-state index in [2.05, 4.69) is 14.9 Å². The highest BCUT2D eigenvalue weighted by atomic mass is 32.2. The normalized spacial score (nSPS) is 12.4. The van der Waals surface area contributed by atoms with E-state index in [9.17, 15) is 8.42 Å². The van der Waals surface area contributed by atoms with Crippen molar-refractivity contribution >= 4 is 33.0 Å². The predicted molar refractivity (Wildman–Crippen MR) is 66.8 cm³/mol. The molecule has 0 aromatic carbocycles. The van der Waals surface area contributed by atoms with Crippen LogP contribution >= 0.6 is 12.2 Å². The zero-order chi connectivity index (χ0) is 12.6. The number of hydrogen-bond acceptors (Lipinski definition) is 4. The number of aromatic amines is 1. The lowest BCUT2D eigenvalue weighted by molar-refractivity contribution is 0.566. The first-order chi connectivity index (χ1) is 7.15. The average Bonchev–Trinajstić information content (AvgIpc) is 2.49. The highest BCUT2D eigenvalue weighted by molar-refractivity contribution is 7.94. The maximum absolute atomic E-state index is 11.9. The van der Waals surface area contributed by atoms with Gasteiger partial charge in [0.2, 0.25) is 10.0 Å². The Bertz CT molecular complexity index is 498. The Morgan fingerprint density at radius 3 is 2.56 bits per heavy atom.